The molecule has 3 heteroatoms. The highest BCUT2D eigenvalue weighted by molar-refractivity contribution is 6.30. The van der Waals surface area contributed by atoms with Gasteiger partial charge in [-0.2, -0.15) is 0 Å². The van der Waals surface area contributed by atoms with Crippen molar-refractivity contribution in [1.82, 2.24) is 4.98 Å². The molecule has 0 amide bonds. The zero-order valence-corrected chi connectivity index (χ0v) is 9.43. The van der Waals surface area contributed by atoms with E-state index in [9.17, 15) is 5.11 Å². The first kappa shape index (κ1) is 11.1. The predicted molar refractivity (Wildman–Crippen MR) is 64.4 cm³/mol. The Labute approximate surface area is 99.5 Å². The van der Waals surface area contributed by atoms with Crippen LogP contribution in [0.4, 0.5) is 0 Å². The summed E-state index contributed by atoms with van der Waals surface area (Å²) >= 11 is 5.79. The molecule has 82 valence electrons. The van der Waals surface area contributed by atoms with Gasteiger partial charge in [0.1, 0.15) is 0 Å². The van der Waals surface area contributed by atoms with Crippen molar-refractivity contribution in [2.45, 2.75) is 12.5 Å². The molecule has 2 aromatic rings. The molecule has 2 rings (SSSR count). The van der Waals surface area contributed by atoms with E-state index in [2.05, 4.69) is 4.98 Å². The lowest BCUT2D eigenvalue weighted by molar-refractivity contribution is 0.173. The van der Waals surface area contributed by atoms with Gasteiger partial charge in [0.25, 0.3) is 0 Å². The summed E-state index contributed by atoms with van der Waals surface area (Å²) < 4.78 is 0. The number of aliphatic hydroxyl groups excluding tert-OH is 1. The quantitative estimate of drug-likeness (QED) is 0.884. The highest BCUT2D eigenvalue weighted by Gasteiger charge is 2.08. The molecule has 1 aromatic heterocycles. The monoisotopic (exact) mass is 233 g/mol. The van der Waals surface area contributed by atoms with Crippen LogP contribution in [0.5, 0.6) is 0 Å². The van der Waals surface area contributed by atoms with Crippen LogP contribution in [0.25, 0.3) is 0 Å². The van der Waals surface area contributed by atoms with E-state index < -0.39 is 6.10 Å². The maximum atomic E-state index is 9.95. The molecule has 0 aliphatic carbocycles. The average molecular weight is 234 g/mol. The molecule has 0 radical (unpaired) electrons. The number of halogens is 1. The molecule has 0 aliphatic heterocycles. The Morgan fingerprint density at radius 2 is 1.88 bits per heavy atom. The summed E-state index contributed by atoms with van der Waals surface area (Å²) in [5, 5.41) is 10.7. The van der Waals surface area contributed by atoms with Crippen LogP contribution in [0.1, 0.15) is 17.4 Å². The van der Waals surface area contributed by atoms with E-state index in [0.29, 0.717) is 17.1 Å². The Hall–Kier alpha value is -1.38. The minimum Gasteiger partial charge on any atom is -0.386 e. The molecule has 16 heavy (non-hydrogen) atoms. The van der Waals surface area contributed by atoms with Crippen molar-refractivity contribution in [3.8, 4) is 0 Å². The summed E-state index contributed by atoms with van der Waals surface area (Å²) in [6, 6.07) is 13.0. The number of aliphatic hydroxyl groups is 1. The predicted octanol–water partition coefficient (Wildman–Crippen LogP) is 3.01. The van der Waals surface area contributed by atoms with Gasteiger partial charge in [-0.25, -0.2) is 0 Å². The van der Waals surface area contributed by atoms with E-state index in [0.717, 1.165) is 5.56 Å². The van der Waals surface area contributed by atoms with Gasteiger partial charge >= 0.3 is 0 Å². The SMILES string of the molecule is O[C@@H](Cc1ccc(Cl)cc1)c1ccccn1. The summed E-state index contributed by atoms with van der Waals surface area (Å²) in [4.78, 5) is 4.12. The molecule has 1 aromatic carbocycles. The smallest absolute Gasteiger partial charge is 0.0999 e. The second kappa shape index (κ2) is 5.10. The van der Waals surface area contributed by atoms with Crippen LogP contribution in [0.3, 0.4) is 0 Å². The minimum atomic E-state index is -0.567. The topological polar surface area (TPSA) is 33.1 Å². The van der Waals surface area contributed by atoms with Crippen molar-refractivity contribution in [1.29, 1.82) is 0 Å². The van der Waals surface area contributed by atoms with Gasteiger partial charge in [-0.15, -0.1) is 0 Å². The number of hydrogen-bond donors (Lipinski definition) is 1. The van der Waals surface area contributed by atoms with Crippen molar-refractivity contribution in [2.24, 2.45) is 0 Å². The van der Waals surface area contributed by atoms with E-state index in [4.69, 9.17) is 11.6 Å². The summed E-state index contributed by atoms with van der Waals surface area (Å²) in [7, 11) is 0. The van der Waals surface area contributed by atoms with Gasteiger partial charge in [-0.1, -0.05) is 29.8 Å². The molecule has 0 saturated carbocycles. The van der Waals surface area contributed by atoms with Crippen LogP contribution in [0.2, 0.25) is 5.02 Å². The summed E-state index contributed by atoms with van der Waals surface area (Å²) in [5.41, 5.74) is 1.74. The molecule has 0 bridgehead atoms. The summed E-state index contributed by atoms with van der Waals surface area (Å²) in [6.07, 6.45) is 1.66. The van der Waals surface area contributed by atoms with Gasteiger partial charge in [0.05, 0.1) is 11.8 Å². The maximum absolute atomic E-state index is 9.95. The fraction of sp³-hybridized carbons (Fsp3) is 0.154. The first-order chi connectivity index (χ1) is 7.75. The van der Waals surface area contributed by atoms with E-state index in [1.165, 1.54) is 0 Å². The first-order valence-electron chi connectivity index (χ1n) is 5.09. The highest BCUT2D eigenvalue weighted by Crippen LogP contribution is 2.17. The molecule has 1 heterocycles. The first-order valence-corrected chi connectivity index (χ1v) is 5.47. The van der Waals surface area contributed by atoms with Gasteiger partial charge in [-0.3, -0.25) is 4.98 Å². The van der Waals surface area contributed by atoms with Crippen molar-refractivity contribution >= 4 is 11.6 Å². The molecule has 0 aliphatic rings. The zero-order valence-electron chi connectivity index (χ0n) is 8.68. The van der Waals surface area contributed by atoms with Crippen LogP contribution in [0, 0.1) is 0 Å². The third-order valence-electron chi connectivity index (χ3n) is 2.37. The Kier molecular flexibility index (Phi) is 3.54. The summed E-state index contributed by atoms with van der Waals surface area (Å²) in [5.74, 6) is 0. The molecule has 0 fully saturated rings. The van der Waals surface area contributed by atoms with Crippen molar-refractivity contribution in [3.05, 3.63) is 64.9 Å². The van der Waals surface area contributed by atoms with Crippen molar-refractivity contribution in [2.75, 3.05) is 0 Å². The van der Waals surface area contributed by atoms with E-state index in [1.54, 1.807) is 6.20 Å². The van der Waals surface area contributed by atoms with Crippen LogP contribution in [0.15, 0.2) is 48.7 Å². The third-order valence-corrected chi connectivity index (χ3v) is 2.62. The molecule has 0 unspecified atom stereocenters. The zero-order chi connectivity index (χ0) is 11.4. The maximum Gasteiger partial charge on any atom is 0.0999 e. The normalized spacial score (nSPS) is 12.4. The number of rotatable bonds is 3. The number of benzene rings is 1. The fourth-order valence-electron chi connectivity index (χ4n) is 1.52. The molecule has 2 nitrogen and oxygen atoms in total. The standard InChI is InChI=1S/C13H12ClNO/c14-11-6-4-10(5-7-11)9-13(16)12-3-1-2-8-15-12/h1-8,13,16H,9H2/t13-/m0/s1. The van der Waals surface area contributed by atoms with Crippen LogP contribution >= 0.6 is 11.6 Å². The number of aromatic nitrogens is 1. The number of hydrogen-bond acceptors (Lipinski definition) is 2. The van der Waals surface area contributed by atoms with E-state index >= 15 is 0 Å². The van der Waals surface area contributed by atoms with Gasteiger partial charge < -0.3 is 5.11 Å². The second-order valence-electron chi connectivity index (χ2n) is 3.60. The van der Waals surface area contributed by atoms with Crippen LogP contribution in [-0.4, -0.2) is 10.1 Å². The Morgan fingerprint density at radius 3 is 2.50 bits per heavy atom. The molecule has 1 N–H and O–H groups in total. The molecular weight excluding hydrogens is 222 g/mol. The highest BCUT2D eigenvalue weighted by atomic mass is 35.5. The Morgan fingerprint density at radius 1 is 1.12 bits per heavy atom. The Bertz CT molecular complexity index is 441. The molecule has 1 atom stereocenters. The second-order valence-corrected chi connectivity index (χ2v) is 4.04. The average Bonchev–Trinajstić information content (AvgIpc) is 2.33. The summed E-state index contributed by atoms with van der Waals surface area (Å²) in [6.45, 7) is 0. The fourth-order valence-corrected chi connectivity index (χ4v) is 1.65. The van der Waals surface area contributed by atoms with Gasteiger partial charge in [-0.05, 0) is 29.8 Å². The number of nitrogens with zero attached hydrogens (tertiary/aromatic N) is 1. The lowest BCUT2D eigenvalue weighted by Crippen LogP contribution is -2.03. The van der Waals surface area contributed by atoms with Gasteiger partial charge in [0.2, 0.25) is 0 Å². The molecule has 0 spiro atoms. The van der Waals surface area contributed by atoms with E-state index in [-0.39, 0.29) is 0 Å². The largest absolute Gasteiger partial charge is 0.386 e. The number of pyridine rings is 1. The molecule has 0 saturated heterocycles. The van der Waals surface area contributed by atoms with Gasteiger partial charge in [0, 0.05) is 17.6 Å². The van der Waals surface area contributed by atoms with Crippen molar-refractivity contribution < 1.29 is 5.11 Å². The van der Waals surface area contributed by atoms with Crippen LogP contribution < -0.4 is 0 Å². The van der Waals surface area contributed by atoms with Gasteiger partial charge in [0.15, 0.2) is 0 Å². The van der Waals surface area contributed by atoms with Crippen LogP contribution in [-0.2, 0) is 6.42 Å². The lowest BCUT2D eigenvalue weighted by Gasteiger charge is -2.09. The Balaban J connectivity index is 2.08. The lowest BCUT2D eigenvalue weighted by atomic mass is 10.1. The third kappa shape index (κ3) is 2.81. The van der Waals surface area contributed by atoms with E-state index in [1.807, 2.05) is 42.5 Å². The van der Waals surface area contributed by atoms with Crippen molar-refractivity contribution in [3.63, 3.8) is 0 Å². The molecular formula is C13H12ClNO. The minimum absolute atomic E-state index is 0.550.